The normalized spacial score (nSPS) is 12.4. The van der Waals surface area contributed by atoms with Gasteiger partial charge in [-0.2, -0.15) is 0 Å². The van der Waals surface area contributed by atoms with E-state index in [2.05, 4.69) is 27.7 Å². The van der Waals surface area contributed by atoms with Crippen molar-refractivity contribution < 1.29 is 18.5 Å². The molecule has 188 valence electrons. The molecule has 0 N–H and O–H groups in total. The minimum absolute atomic E-state index is 0.256. The van der Waals surface area contributed by atoms with Crippen LogP contribution in [-0.2, 0) is 13.6 Å². The quantitative estimate of drug-likeness (QED) is 0.106. The van der Waals surface area contributed by atoms with Gasteiger partial charge in [0.2, 0.25) is 0 Å². The van der Waals surface area contributed by atoms with Gasteiger partial charge in [0.25, 0.3) is 7.82 Å². The van der Waals surface area contributed by atoms with E-state index in [1.807, 2.05) is 0 Å². The molecule has 0 bridgehead atoms. The van der Waals surface area contributed by atoms with Crippen molar-refractivity contribution in [3.05, 3.63) is 0 Å². The Balaban J connectivity index is 3.34. The number of phosphoric acid groups is 1. The highest BCUT2D eigenvalue weighted by Gasteiger charge is 2.08. The maximum atomic E-state index is 11.8. The van der Waals surface area contributed by atoms with Gasteiger partial charge >= 0.3 is 0 Å². The third-order valence-corrected chi connectivity index (χ3v) is 6.85. The Kier molecular flexibility index (Phi) is 22.0. The standard InChI is InChI=1S/C26H55O4P/c1-25(2)21-17-13-9-5-7-11-15-19-23-29-31(27,28)30-24-20-16-12-8-6-10-14-18-22-26(3)4/h25-26H,5-24H2,1-4H3,(H,27,28)/p-1. The van der Waals surface area contributed by atoms with Crippen molar-refractivity contribution in [3.8, 4) is 0 Å². The van der Waals surface area contributed by atoms with Gasteiger partial charge in [0.15, 0.2) is 0 Å². The van der Waals surface area contributed by atoms with Crippen molar-refractivity contribution in [2.45, 2.75) is 143 Å². The van der Waals surface area contributed by atoms with Crippen molar-refractivity contribution in [1.82, 2.24) is 0 Å². The Labute approximate surface area is 194 Å². The molecule has 0 aromatic rings. The lowest BCUT2D eigenvalue weighted by Crippen LogP contribution is -2.10. The van der Waals surface area contributed by atoms with Crippen LogP contribution in [0.25, 0.3) is 0 Å². The predicted molar refractivity (Wildman–Crippen MR) is 132 cm³/mol. The van der Waals surface area contributed by atoms with Crippen LogP contribution in [0.4, 0.5) is 0 Å². The molecule has 0 amide bonds. The van der Waals surface area contributed by atoms with Gasteiger partial charge < -0.3 is 13.9 Å². The number of hydrogen-bond acceptors (Lipinski definition) is 4. The molecule has 4 nitrogen and oxygen atoms in total. The molecule has 0 heterocycles. The van der Waals surface area contributed by atoms with Crippen LogP contribution in [0.5, 0.6) is 0 Å². The molecule has 0 saturated heterocycles. The predicted octanol–water partition coefficient (Wildman–Crippen LogP) is 8.82. The molecule has 5 heteroatoms. The Morgan fingerprint density at radius 1 is 0.516 bits per heavy atom. The summed E-state index contributed by atoms with van der Waals surface area (Å²) in [6.07, 6.45) is 21.8. The number of hydrogen-bond donors (Lipinski definition) is 0. The van der Waals surface area contributed by atoms with Gasteiger partial charge in [0.05, 0.1) is 13.2 Å². The van der Waals surface area contributed by atoms with Crippen molar-refractivity contribution in [2.24, 2.45) is 11.8 Å². The second kappa shape index (κ2) is 21.9. The van der Waals surface area contributed by atoms with Crippen LogP contribution in [0.15, 0.2) is 0 Å². The van der Waals surface area contributed by atoms with Gasteiger partial charge in [-0.15, -0.1) is 0 Å². The molecule has 0 aromatic heterocycles. The molecular formula is C26H54O4P-. The summed E-state index contributed by atoms with van der Waals surface area (Å²) in [7, 11) is -4.11. The molecule has 0 aliphatic rings. The van der Waals surface area contributed by atoms with Crippen molar-refractivity contribution in [2.75, 3.05) is 13.2 Å². The fourth-order valence-electron chi connectivity index (χ4n) is 3.82. The van der Waals surface area contributed by atoms with Gasteiger partial charge in [-0.25, -0.2) is 0 Å². The van der Waals surface area contributed by atoms with Crippen LogP contribution in [0.1, 0.15) is 143 Å². The Morgan fingerprint density at radius 2 is 0.774 bits per heavy atom. The van der Waals surface area contributed by atoms with Gasteiger partial charge in [-0.05, 0) is 24.7 Å². The molecule has 31 heavy (non-hydrogen) atoms. The summed E-state index contributed by atoms with van der Waals surface area (Å²) in [6.45, 7) is 9.65. The minimum atomic E-state index is -4.11. The van der Waals surface area contributed by atoms with Crippen LogP contribution < -0.4 is 4.89 Å². The number of phosphoric ester groups is 1. The first-order valence-corrected chi connectivity index (χ1v) is 14.9. The van der Waals surface area contributed by atoms with Crippen LogP contribution in [0.2, 0.25) is 0 Å². The molecule has 0 unspecified atom stereocenters. The van der Waals surface area contributed by atoms with Crippen LogP contribution in [-0.4, -0.2) is 13.2 Å². The molecular weight excluding hydrogens is 407 g/mol. The lowest BCUT2D eigenvalue weighted by atomic mass is 10.0. The van der Waals surface area contributed by atoms with E-state index in [1.54, 1.807) is 0 Å². The fraction of sp³-hybridized carbons (Fsp3) is 1.00. The van der Waals surface area contributed by atoms with Crippen molar-refractivity contribution in [1.29, 1.82) is 0 Å². The highest BCUT2D eigenvalue weighted by atomic mass is 31.2. The average molecular weight is 462 g/mol. The van der Waals surface area contributed by atoms with E-state index in [0.29, 0.717) is 0 Å². The summed E-state index contributed by atoms with van der Waals surface area (Å²) >= 11 is 0. The molecule has 0 aliphatic carbocycles. The average Bonchev–Trinajstić information content (AvgIpc) is 2.69. The summed E-state index contributed by atoms with van der Waals surface area (Å²) in [5, 5.41) is 0. The van der Waals surface area contributed by atoms with Gasteiger partial charge in [-0.1, -0.05) is 130 Å². The number of rotatable bonds is 24. The van der Waals surface area contributed by atoms with Crippen molar-refractivity contribution >= 4 is 7.82 Å². The molecule has 0 rings (SSSR count). The Hall–Kier alpha value is 0.110. The maximum absolute atomic E-state index is 11.8. The summed E-state index contributed by atoms with van der Waals surface area (Å²) in [5.41, 5.74) is 0. The van der Waals surface area contributed by atoms with Crippen LogP contribution in [0, 0.1) is 11.8 Å². The fourth-order valence-corrected chi connectivity index (χ4v) is 4.60. The monoisotopic (exact) mass is 461 g/mol. The first kappa shape index (κ1) is 31.1. The van der Waals surface area contributed by atoms with E-state index in [1.165, 1.54) is 77.0 Å². The second-order valence-electron chi connectivity index (χ2n) is 10.1. The van der Waals surface area contributed by atoms with Gasteiger partial charge in [-0.3, -0.25) is 4.57 Å². The largest absolute Gasteiger partial charge is 0.756 e. The zero-order chi connectivity index (χ0) is 23.2. The highest BCUT2D eigenvalue weighted by Crippen LogP contribution is 2.38. The molecule has 0 saturated carbocycles. The van der Waals surface area contributed by atoms with E-state index in [4.69, 9.17) is 9.05 Å². The third-order valence-electron chi connectivity index (χ3n) is 5.85. The lowest BCUT2D eigenvalue weighted by Gasteiger charge is -2.22. The van der Waals surface area contributed by atoms with Crippen molar-refractivity contribution in [3.63, 3.8) is 0 Å². The molecule has 0 atom stereocenters. The summed E-state index contributed by atoms with van der Waals surface area (Å²) in [4.78, 5) is 11.8. The summed E-state index contributed by atoms with van der Waals surface area (Å²) in [5.74, 6) is 1.64. The first-order chi connectivity index (χ1) is 14.8. The topological polar surface area (TPSA) is 58.6 Å². The zero-order valence-electron chi connectivity index (χ0n) is 21.4. The summed E-state index contributed by atoms with van der Waals surface area (Å²) < 4.78 is 21.8. The third kappa shape index (κ3) is 26.2. The van der Waals surface area contributed by atoms with Crippen LogP contribution >= 0.6 is 7.82 Å². The van der Waals surface area contributed by atoms with E-state index in [-0.39, 0.29) is 13.2 Å². The minimum Gasteiger partial charge on any atom is -0.756 e. The molecule has 0 fully saturated rings. The van der Waals surface area contributed by atoms with Gasteiger partial charge in [0, 0.05) is 0 Å². The maximum Gasteiger partial charge on any atom is 0.267 e. The Morgan fingerprint density at radius 3 is 1.06 bits per heavy atom. The van der Waals surface area contributed by atoms with E-state index < -0.39 is 7.82 Å². The van der Waals surface area contributed by atoms with Crippen LogP contribution in [0.3, 0.4) is 0 Å². The molecule has 0 radical (unpaired) electrons. The lowest BCUT2D eigenvalue weighted by molar-refractivity contribution is -0.225. The smallest absolute Gasteiger partial charge is 0.267 e. The summed E-state index contributed by atoms with van der Waals surface area (Å²) in [6, 6.07) is 0. The SMILES string of the molecule is CC(C)CCCCCCCCCCOP(=O)([O-])OCCCCCCCCCCC(C)C. The zero-order valence-corrected chi connectivity index (χ0v) is 22.3. The Bertz CT molecular complexity index is 378. The second-order valence-corrected chi connectivity index (χ2v) is 11.5. The molecule has 0 aliphatic heterocycles. The highest BCUT2D eigenvalue weighted by molar-refractivity contribution is 7.45. The van der Waals surface area contributed by atoms with E-state index >= 15 is 0 Å². The van der Waals surface area contributed by atoms with E-state index in [9.17, 15) is 9.46 Å². The van der Waals surface area contributed by atoms with Gasteiger partial charge in [0.1, 0.15) is 0 Å². The molecule has 0 spiro atoms. The molecule has 0 aromatic carbocycles. The van der Waals surface area contributed by atoms with E-state index in [0.717, 1.165) is 50.4 Å². The number of unbranched alkanes of at least 4 members (excludes halogenated alkanes) is 14. The first-order valence-electron chi connectivity index (χ1n) is 13.4.